The molecule has 0 radical (unpaired) electrons. The Bertz CT molecular complexity index is 1540. The van der Waals surface area contributed by atoms with E-state index in [0.717, 1.165) is 24.1 Å². The van der Waals surface area contributed by atoms with Gasteiger partial charge in [-0.25, -0.2) is 4.90 Å². The summed E-state index contributed by atoms with van der Waals surface area (Å²) in [6, 6.07) is 19.6. The van der Waals surface area contributed by atoms with Crippen LogP contribution in [0.25, 0.3) is 6.08 Å². The van der Waals surface area contributed by atoms with E-state index >= 15 is 0 Å². The number of hydrogen-bond acceptors (Lipinski definition) is 7. The predicted molar refractivity (Wildman–Crippen MR) is 154 cm³/mol. The molecule has 2 saturated heterocycles. The zero-order valence-electron chi connectivity index (χ0n) is 22.9. The van der Waals surface area contributed by atoms with Crippen molar-refractivity contribution in [2.24, 2.45) is 11.8 Å². The quantitative estimate of drug-likeness (QED) is 0.127. The fourth-order valence-electron chi connectivity index (χ4n) is 6.12. The number of ether oxygens (including phenoxy) is 2. The molecule has 4 atom stereocenters. The molecule has 3 aromatic carbocycles. The highest BCUT2D eigenvalue weighted by molar-refractivity contribution is 6.25. The Morgan fingerprint density at radius 1 is 0.854 bits per heavy atom. The number of esters is 1. The predicted octanol–water partition coefficient (Wildman–Crippen LogP) is 5.06. The molecule has 0 saturated carbocycles. The van der Waals surface area contributed by atoms with Crippen LogP contribution in [-0.4, -0.2) is 42.3 Å². The van der Waals surface area contributed by atoms with Gasteiger partial charge in [-0.15, -0.1) is 0 Å². The van der Waals surface area contributed by atoms with Crippen LogP contribution in [0.4, 0.5) is 11.4 Å². The third-order valence-corrected chi connectivity index (χ3v) is 7.95. The van der Waals surface area contributed by atoms with Crippen LogP contribution in [-0.2, 0) is 14.4 Å². The molecule has 2 fully saturated rings. The van der Waals surface area contributed by atoms with E-state index < -0.39 is 35.8 Å². The Morgan fingerprint density at radius 3 is 2.24 bits per heavy atom. The van der Waals surface area contributed by atoms with Crippen molar-refractivity contribution in [1.29, 1.82) is 0 Å². The number of anilines is 2. The van der Waals surface area contributed by atoms with Crippen molar-refractivity contribution in [2.45, 2.75) is 38.8 Å². The lowest BCUT2D eigenvalue weighted by atomic mass is 9.86. The van der Waals surface area contributed by atoms with Gasteiger partial charge in [0, 0.05) is 18.2 Å². The lowest BCUT2D eigenvalue weighted by molar-refractivity contribution is -0.132. The maximum Gasteiger partial charge on any atom is 0.308 e. The Kier molecular flexibility index (Phi) is 6.91. The summed E-state index contributed by atoms with van der Waals surface area (Å²) in [5.74, 6) is -2.05. The van der Waals surface area contributed by atoms with E-state index in [1.807, 2.05) is 41.3 Å². The second-order valence-electron chi connectivity index (χ2n) is 10.5. The smallest absolute Gasteiger partial charge is 0.308 e. The first-order valence-corrected chi connectivity index (χ1v) is 13.9. The van der Waals surface area contributed by atoms with Crippen LogP contribution in [0.15, 0.2) is 78.9 Å². The maximum atomic E-state index is 14.2. The Morgan fingerprint density at radius 2 is 1.54 bits per heavy atom. The highest BCUT2D eigenvalue weighted by Crippen LogP contribution is 2.50. The molecule has 6 rings (SSSR count). The second kappa shape index (κ2) is 10.7. The van der Waals surface area contributed by atoms with E-state index in [2.05, 4.69) is 6.92 Å². The molecule has 3 aliphatic heterocycles. The van der Waals surface area contributed by atoms with Crippen LogP contribution < -0.4 is 19.3 Å². The van der Waals surface area contributed by atoms with Crippen molar-refractivity contribution in [3.63, 3.8) is 0 Å². The molecule has 8 heteroatoms. The van der Waals surface area contributed by atoms with Crippen molar-refractivity contribution in [3.8, 4) is 11.5 Å². The van der Waals surface area contributed by atoms with Gasteiger partial charge < -0.3 is 14.4 Å². The summed E-state index contributed by atoms with van der Waals surface area (Å²) < 4.78 is 10.9. The van der Waals surface area contributed by atoms with Gasteiger partial charge in [0.05, 0.1) is 30.2 Å². The molecule has 0 N–H and O–H groups in total. The Labute approximate surface area is 238 Å². The molecular weight excluding hydrogens is 520 g/mol. The number of fused-ring (bicyclic) bond motifs is 5. The molecule has 3 aromatic rings. The molecule has 8 nitrogen and oxygen atoms in total. The zero-order chi connectivity index (χ0) is 28.7. The molecule has 3 heterocycles. The van der Waals surface area contributed by atoms with Crippen molar-refractivity contribution in [3.05, 3.63) is 90.0 Å². The summed E-state index contributed by atoms with van der Waals surface area (Å²) in [7, 11) is 0. The number of hydrogen-bond donors (Lipinski definition) is 0. The van der Waals surface area contributed by atoms with Crippen molar-refractivity contribution < 1.29 is 28.7 Å². The first kappa shape index (κ1) is 26.5. The largest absolute Gasteiger partial charge is 0.494 e. The van der Waals surface area contributed by atoms with Crippen molar-refractivity contribution in [2.75, 3.05) is 16.4 Å². The first-order valence-electron chi connectivity index (χ1n) is 13.9. The number of imide groups is 1. The highest BCUT2D eigenvalue weighted by atomic mass is 16.5. The van der Waals surface area contributed by atoms with Crippen LogP contribution in [0.2, 0.25) is 0 Å². The van der Waals surface area contributed by atoms with Crippen molar-refractivity contribution in [1.82, 2.24) is 0 Å². The average molecular weight is 551 g/mol. The normalized spacial score (nSPS) is 22.3. The standard InChI is InChI=1S/C33H30N2O6/c1-3-4-19-40-24-16-12-23(13-17-24)34-32(38)28-27-18-11-21-7-5-6-8-26(21)35(27)30(29(28)33(34)39)31(37)22-9-14-25(15-10-22)41-20(2)36/h5-18,27-30H,3-4,19H2,1-2H3/t27-,28+,29+,30-/m1/s1. The van der Waals surface area contributed by atoms with Crippen LogP contribution in [0.5, 0.6) is 11.5 Å². The number of nitrogens with zero attached hydrogens (tertiary/aromatic N) is 2. The number of unbranched alkanes of at least 4 members (excludes halogenated alkanes) is 1. The van der Waals surface area contributed by atoms with E-state index in [-0.39, 0.29) is 11.7 Å². The molecule has 0 aromatic heterocycles. The fraction of sp³-hybridized carbons (Fsp3) is 0.273. The summed E-state index contributed by atoms with van der Waals surface area (Å²) in [5.41, 5.74) is 2.55. The SMILES string of the molecule is CCCCOc1ccc(N2C(=O)[C@@H]3[C@H](C2=O)[C@H](C(=O)c2ccc(OC(C)=O)cc2)N2c4ccccc4C=C[C@H]32)cc1. The second-order valence-corrected chi connectivity index (χ2v) is 10.5. The number of Topliss-reactive ketones (excluding diaryl/α,β-unsaturated/α-hetero) is 1. The third kappa shape index (κ3) is 4.59. The van der Waals surface area contributed by atoms with Gasteiger partial charge in [0.25, 0.3) is 0 Å². The van der Waals surface area contributed by atoms with Crippen LogP contribution in [0, 0.1) is 11.8 Å². The highest BCUT2D eigenvalue weighted by Gasteiger charge is 2.64. The van der Waals surface area contributed by atoms with Gasteiger partial charge >= 0.3 is 5.97 Å². The molecule has 41 heavy (non-hydrogen) atoms. The molecule has 208 valence electrons. The summed E-state index contributed by atoms with van der Waals surface area (Å²) in [4.78, 5) is 56.7. The topological polar surface area (TPSA) is 93.2 Å². The van der Waals surface area contributed by atoms with Gasteiger partial charge in [-0.3, -0.25) is 19.2 Å². The van der Waals surface area contributed by atoms with Gasteiger partial charge in [0.1, 0.15) is 17.5 Å². The molecule has 0 aliphatic carbocycles. The number of para-hydroxylation sites is 1. The summed E-state index contributed by atoms with van der Waals surface area (Å²) >= 11 is 0. The molecule has 2 amide bonds. The van der Waals surface area contributed by atoms with Gasteiger partial charge in [0.15, 0.2) is 5.78 Å². The lowest BCUT2D eigenvalue weighted by Crippen LogP contribution is -2.48. The van der Waals surface area contributed by atoms with Gasteiger partial charge in [-0.2, -0.15) is 0 Å². The van der Waals surface area contributed by atoms with Crippen LogP contribution in [0.3, 0.4) is 0 Å². The van der Waals surface area contributed by atoms with Gasteiger partial charge in [-0.1, -0.05) is 43.7 Å². The van der Waals surface area contributed by atoms with Gasteiger partial charge in [0.2, 0.25) is 11.8 Å². The molecule has 0 spiro atoms. The van der Waals surface area contributed by atoms with E-state index in [4.69, 9.17) is 9.47 Å². The number of rotatable bonds is 8. The first-order chi connectivity index (χ1) is 19.9. The van der Waals surface area contributed by atoms with Crippen LogP contribution in [0.1, 0.15) is 42.6 Å². The summed E-state index contributed by atoms with van der Waals surface area (Å²) in [6.45, 7) is 3.99. The number of carbonyl (C=O) groups excluding carboxylic acids is 4. The van der Waals surface area contributed by atoms with E-state index in [1.165, 1.54) is 11.8 Å². The molecule has 0 unspecified atom stereocenters. The minimum atomic E-state index is -0.895. The van der Waals surface area contributed by atoms with E-state index in [1.54, 1.807) is 48.5 Å². The number of ketones is 1. The minimum Gasteiger partial charge on any atom is -0.494 e. The third-order valence-electron chi connectivity index (χ3n) is 7.95. The van der Waals surface area contributed by atoms with Crippen LogP contribution >= 0.6 is 0 Å². The number of carbonyl (C=O) groups is 4. The average Bonchev–Trinajstić information content (AvgIpc) is 3.46. The van der Waals surface area contributed by atoms with E-state index in [0.29, 0.717) is 29.4 Å². The fourth-order valence-corrected chi connectivity index (χ4v) is 6.12. The van der Waals surface area contributed by atoms with Gasteiger partial charge in [-0.05, 0) is 66.6 Å². The number of amides is 2. The maximum absolute atomic E-state index is 14.2. The molecule has 0 bridgehead atoms. The monoisotopic (exact) mass is 550 g/mol. The van der Waals surface area contributed by atoms with E-state index in [9.17, 15) is 19.2 Å². The Balaban J connectivity index is 1.36. The Hall–Kier alpha value is -4.72. The minimum absolute atomic E-state index is 0.273. The van der Waals surface area contributed by atoms with Crippen molar-refractivity contribution >= 4 is 41.0 Å². The molecule has 3 aliphatic rings. The molecular formula is C33H30N2O6. The summed E-state index contributed by atoms with van der Waals surface area (Å²) in [5, 5.41) is 0. The summed E-state index contributed by atoms with van der Waals surface area (Å²) in [6.07, 6.45) is 5.84. The number of benzene rings is 3. The lowest BCUT2D eigenvalue weighted by Gasteiger charge is -2.36. The zero-order valence-corrected chi connectivity index (χ0v) is 22.9.